The molecule has 2 aliphatic rings. The Balaban J connectivity index is 1.50. The highest BCUT2D eigenvalue weighted by Crippen LogP contribution is 2.50. The van der Waals surface area contributed by atoms with E-state index in [1.165, 1.54) is 19.1 Å². The molecule has 9 nitrogen and oxygen atoms in total. The van der Waals surface area contributed by atoms with E-state index in [1.54, 1.807) is 42.5 Å². The van der Waals surface area contributed by atoms with E-state index in [0.29, 0.717) is 5.69 Å². The number of aromatic hydroxyl groups is 2. The molecule has 3 aromatic rings. The van der Waals surface area contributed by atoms with E-state index in [2.05, 4.69) is 5.32 Å². The summed E-state index contributed by atoms with van der Waals surface area (Å²) >= 11 is 0. The summed E-state index contributed by atoms with van der Waals surface area (Å²) in [6.45, 7) is 1.43. The van der Waals surface area contributed by atoms with Crippen LogP contribution < -0.4 is 5.32 Å². The third-order valence-corrected chi connectivity index (χ3v) is 6.88. The number of aliphatic hydroxyl groups is 2. The van der Waals surface area contributed by atoms with Crippen molar-refractivity contribution in [2.45, 2.75) is 37.6 Å². The van der Waals surface area contributed by atoms with Gasteiger partial charge in [-0.2, -0.15) is 0 Å². The number of anilines is 1. The highest BCUT2D eigenvalue weighted by Gasteiger charge is 2.48. The number of fused-ring (bicyclic) bond motifs is 3. The molecular weight excluding hydrogens is 466 g/mol. The van der Waals surface area contributed by atoms with E-state index >= 15 is 0 Å². The van der Waals surface area contributed by atoms with Gasteiger partial charge in [-0.15, -0.1) is 0 Å². The number of amides is 1. The number of para-hydroxylation sites is 1. The highest BCUT2D eigenvalue weighted by molar-refractivity contribution is 6.30. The summed E-state index contributed by atoms with van der Waals surface area (Å²) < 4.78 is 5.35. The lowest BCUT2D eigenvalue weighted by Gasteiger charge is -2.40. The number of aliphatic hydroxyl groups excluding tert-OH is 1. The largest absolute Gasteiger partial charge is 0.507 e. The number of phenolic OH excluding ortho intramolecular Hbond substituents is 2. The van der Waals surface area contributed by atoms with Crippen LogP contribution in [-0.4, -0.2) is 49.8 Å². The van der Waals surface area contributed by atoms with E-state index in [4.69, 9.17) is 4.74 Å². The first-order valence-electron chi connectivity index (χ1n) is 11.3. The van der Waals surface area contributed by atoms with Crippen LogP contribution >= 0.6 is 0 Å². The SMILES string of the molecule is C[C@@H](OC(=O)Nc1ccccc1)[C@@]1(O)Cc2c(O)c3c(c(O)c2[C@@H](O)C1)C(=O)c1ccccc1C3=O. The van der Waals surface area contributed by atoms with Gasteiger partial charge in [0, 0.05) is 40.8 Å². The molecule has 3 atom stereocenters. The zero-order valence-corrected chi connectivity index (χ0v) is 19.2. The van der Waals surface area contributed by atoms with Gasteiger partial charge in [-0.3, -0.25) is 14.9 Å². The van der Waals surface area contributed by atoms with Crippen LogP contribution in [-0.2, 0) is 11.2 Å². The number of carbonyl (C=O) groups excluding carboxylic acids is 3. The molecule has 0 bridgehead atoms. The molecule has 0 saturated heterocycles. The maximum atomic E-state index is 13.2. The van der Waals surface area contributed by atoms with Crippen molar-refractivity contribution in [1.29, 1.82) is 0 Å². The third kappa shape index (κ3) is 3.60. The monoisotopic (exact) mass is 489 g/mol. The molecule has 0 saturated carbocycles. The molecular formula is C27H23NO8. The standard InChI is InChI=1S/C27H23NO8/c1-13(36-26(34)28-14-7-3-2-4-8-14)27(35)11-17-19(18(29)12-27)25(33)21-20(24(17)32)22(30)15-9-5-6-10-16(15)23(21)31/h2-10,13,18,29,32-33,35H,11-12H2,1H3,(H,28,34)/t13-,18+,27-/m1/s1. The van der Waals surface area contributed by atoms with Crippen molar-refractivity contribution in [2.75, 3.05) is 5.32 Å². The molecule has 0 aromatic heterocycles. The first-order valence-corrected chi connectivity index (χ1v) is 11.3. The van der Waals surface area contributed by atoms with E-state index < -0.39 is 47.0 Å². The Hall–Kier alpha value is -4.21. The van der Waals surface area contributed by atoms with Gasteiger partial charge in [-0.05, 0) is 19.1 Å². The lowest BCUT2D eigenvalue weighted by Crippen LogP contribution is -2.49. The number of benzene rings is 3. The summed E-state index contributed by atoms with van der Waals surface area (Å²) in [6.07, 6.45) is -4.21. The molecule has 9 heteroatoms. The van der Waals surface area contributed by atoms with Gasteiger partial charge in [0.15, 0.2) is 11.6 Å². The molecule has 0 radical (unpaired) electrons. The van der Waals surface area contributed by atoms with Gasteiger partial charge in [0.25, 0.3) is 0 Å². The zero-order chi connectivity index (χ0) is 25.8. The minimum absolute atomic E-state index is 0.0746. The molecule has 0 spiro atoms. The zero-order valence-electron chi connectivity index (χ0n) is 19.2. The Labute approximate surface area is 205 Å². The summed E-state index contributed by atoms with van der Waals surface area (Å²) in [4.78, 5) is 38.7. The summed E-state index contributed by atoms with van der Waals surface area (Å²) in [6, 6.07) is 14.6. The number of nitrogens with one attached hydrogen (secondary N) is 1. The maximum Gasteiger partial charge on any atom is 0.411 e. The van der Waals surface area contributed by atoms with E-state index in [1.807, 2.05) is 0 Å². The van der Waals surface area contributed by atoms with Crippen molar-refractivity contribution in [2.24, 2.45) is 0 Å². The van der Waals surface area contributed by atoms with Crippen LogP contribution in [0.4, 0.5) is 10.5 Å². The van der Waals surface area contributed by atoms with E-state index in [-0.39, 0.29) is 46.2 Å². The first kappa shape index (κ1) is 23.5. The molecule has 36 heavy (non-hydrogen) atoms. The smallest absolute Gasteiger partial charge is 0.411 e. The second-order valence-corrected chi connectivity index (χ2v) is 9.08. The van der Waals surface area contributed by atoms with Crippen molar-refractivity contribution >= 4 is 23.3 Å². The van der Waals surface area contributed by atoms with Gasteiger partial charge in [-0.1, -0.05) is 42.5 Å². The normalized spacial score (nSPS) is 21.1. The number of hydrogen-bond acceptors (Lipinski definition) is 8. The number of carbonyl (C=O) groups is 3. The molecule has 0 unspecified atom stereocenters. The van der Waals surface area contributed by atoms with Crippen LogP contribution in [0, 0.1) is 0 Å². The molecule has 3 aromatic carbocycles. The quantitative estimate of drug-likeness (QED) is 0.275. The molecule has 1 amide bonds. The van der Waals surface area contributed by atoms with Crippen molar-refractivity contribution < 1.29 is 39.5 Å². The van der Waals surface area contributed by atoms with Crippen LogP contribution in [0.5, 0.6) is 11.5 Å². The minimum atomic E-state index is -1.85. The number of ether oxygens (including phenoxy) is 1. The predicted octanol–water partition coefficient (Wildman–Crippen LogP) is 3.22. The van der Waals surface area contributed by atoms with Crippen LogP contribution in [0.15, 0.2) is 54.6 Å². The van der Waals surface area contributed by atoms with Crippen molar-refractivity contribution in [3.8, 4) is 11.5 Å². The Morgan fingerprint density at radius 1 is 0.972 bits per heavy atom. The van der Waals surface area contributed by atoms with Gasteiger partial charge >= 0.3 is 6.09 Å². The summed E-state index contributed by atoms with van der Waals surface area (Å²) in [7, 11) is 0. The molecule has 5 N–H and O–H groups in total. The molecule has 0 heterocycles. The second-order valence-electron chi connectivity index (χ2n) is 9.08. The maximum absolute atomic E-state index is 13.2. The number of phenols is 2. The highest BCUT2D eigenvalue weighted by atomic mass is 16.6. The average molecular weight is 489 g/mol. The molecule has 0 aliphatic heterocycles. The van der Waals surface area contributed by atoms with Crippen LogP contribution in [0.25, 0.3) is 0 Å². The first-order chi connectivity index (χ1) is 17.1. The lowest BCUT2D eigenvalue weighted by atomic mass is 9.72. The van der Waals surface area contributed by atoms with Crippen LogP contribution in [0.2, 0.25) is 0 Å². The third-order valence-electron chi connectivity index (χ3n) is 6.88. The van der Waals surface area contributed by atoms with E-state index in [0.717, 1.165) is 0 Å². The molecule has 5 rings (SSSR count). The average Bonchev–Trinajstić information content (AvgIpc) is 2.85. The summed E-state index contributed by atoms with van der Waals surface area (Å²) in [5.41, 5.74) is -2.22. The molecule has 0 fully saturated rings. The summed E-state index contributed by atoms with van der Waals surface area (Å²) in [5, 5.41) is 46.9. The Morgan fingerprint density at radius 3 is 2.14 bits per heavy atom. The Kier molecular flexibility index (Phi) is 5.54. The van der Waals surface area contributed by atoms with Gasteiger partial charge in [0.1, 0.15) is 23.2 Å². The second kappa shape index (κ2) is 8.47. The fourth-order valence-corrected chi connectivity index (χ4v) is 4.99. The van der Waals surface area contributed by atoms with Gasteiger partial charge in [-0.25, -0.2) is 4.79 Å². The minimum Gasteiger partial charge on any atom is -0.507 e. The van der Waals surface area contributed by atoms with Gasteiger partial charge in [0.05, 0.1) is 17.2 Å². The van der Waals surface area contributed by atoms with Crippen molar-refractivity contribution in [3.63, 3.8) is 0 Å². The molecule has 184 valence electrons. The van der Waals surface area contributed by atoms with Crippen LogP contribution in [0.3, 0.4) is 0 Å². The van der Waals surface area contributed by atoms with Gasteiger partial charge in [0.2, 0.25) is 0 Å². The number of ketones is 2. The van der Waals surface area contributed by atoms with Crippen molar-refractivity contribution in [3.05, 3.63) is 88.0 Å². The Morgan fingerprint density at radius 2 is 1.53 bits per heavy atom. The van der Waals surface area contributed by atoms with Crippen molar-refractivity contribution in [1.82, 2.24) is 0 Å². The fraction of sp³-hybridized carbons (Fsp3) is 0.222. The topological polar surface area (TPSA) is 153 Å². The number of hydrogen-bond donors (Lipinski definition) is 5. The number of rotatable bonds is 3. The van der Waals surface area contributed by atoms with E-state index in [9.17, 15) is 34.8 Å². The summed E-state index contributed by atoms with van der Waals surface area (Å²) in [5.74, 6) is -2.54. The fourth-order valence-electron chi connectivity index (χ4n) is 4.99. The lowest BCUT2D eigenvalue weighted by molar-refractivity contribution is -0.101. The molecule has 2 aliphatic carbocycles. The van der Waals surface area contributed by atoms with Crippen LogP contribution in [0.1, 0.15) is 62.4 Å². The Bertz CT molecular complexity index is 1420. The predicted molar refractivity (Wildman–Crippen MR) is 127 cm³/mol. The van der Waals surface area contributed by atoms with Gasteiger partial charge < -0.3 is 25.2 Å².